The number of amides is 1. The normalized spacial score (nSPS) is 14.1. The number of aryl methyl sites for hydroxylation is 1. The van der Waals surface area contributed by atoms with Crippen LogP contribution in [-0.2, 0) is 0 Å². The monoisotopic (exact) mass is 272 g/mol. The Morgan fingerprint density at radius 2 is 2.25 bits per heavy atom. The Kier molecular flexibility index (Phi) is 3.14. The van der Waals surface area contributed by atoms with Crippen molar-refractivity contribution in [3.8, 4) is 5.75 Å². The zero-order valence-electron chi connectivity index (χ0n) is 11.4. The van der Waals surface area contributed by atoms with Crippen LogP contribution in [0.5, 0.6) is 5.75 Å². The van der Waals surface area contributed by atoms with E-state index in [0.717, 1.165) is 24.2 Å². The number of anilines is 1. The fourth-order valence-corrected chi connectivity index (χ4v) is 2.01. The molecule has 2 N–H and O–H groups in total. The number of aromatic nitrogens is 3. The molecule has 0 spiro atoms. The summed E-state index contributed by atoms with van der Waals surface area (Å²) in [6, 6.07) is 5.59. The van der Waals surface area contributed by atoms with Crippen LogP contribution in [0.4, 0.5) is 5.69 Å². The van der Waals surface area contributed by atoms with Crippen LogP contribution in [0.1, 0.15) is 40.8 Å². The first-order valence-electron chi connectivity index (χ1n) is 6.55. The molecule has 2 aromatic rings. The second-order valence-electron chi connectivity index (χ2n) is 4.98. The quantitative estimate of drug-likeness (QED) is 0.894. The van der Waals surface area contributed by atoms with Crippen LogP contribution in [0.15, 0.2) is 18.2 Å². The summed E-state index contributed by atoms with van der Waals surface area (Å²) >= 11 is 0. The maximum Gasteiger partial charge on any atom is 0.295 e. The van der Waals surface area contributed by atoms with Gasteiger partial charge >= 0.3 is 0 Å². The molecular formula is C14H16N4O2. The van der Waals surface area contributed by atoms with Gasteiger partial charge in [-0.1, -0.05) is 6.07 Å². The first-order valence-corrected chi connectivity index (χ1v) is 6.55. The van der Waals surface area contributed by atoms with Gasteiger partial charge in [-0.15, -0.1) is 5.10 Å². The Bertz CT molecular complexity index is 646. The number of benzene rings is 1. The fraction of sp³-hybridized carbons (Fsp3) is 0.357. The number of aromatic amines is 1. The molecule has 0 radical (unpaired) electrons. The van der Waals surface area contributed by atoms with Crippen LogP contribution in [0, 0.1) is 6.92 Å². The lowest BCUT2D eigenvalue weighted by Gasteiger charge is -2.09. The van der Waals surface area contributed by atoms with Gasteiger partial charge in [0.25, 0.3) is 5.91 Å². The van der Waals surface area contributed by atoms with Crippen LogP contribution in [0.25, 0.3) is 0 Å². The van der Waals surface area contributed by atoms with E-state index in [1.165, 1.54) is 0 Å². The van der Waals surface area contributed by atoms with Gasteiger partial charge in [-0.05, 0) is 37.5 Å². The van der Waals surface area contributed by atoms with Crippen LogP contribution in [-0.4, -0.2) is 28.2 Å². The number of H-pyrrole nitrogens is 1. The van der Waals surface area contributed by atoms with Crippen molar-refractivity contribution in [1.29, 1.82) is 0 Å². The Morgan fingerprint density at radius 3 is 2.95 bits per heavy atom. The van der Waals surface area contributed by atoms with Crippen LogP contribution >= 0.6 is 0 Å². The molecule has 0 saturated heterocycles. The summed E-state index contributed by atoms with van der Waals surface area (Å²) in [5.74, 6) is 1.68. The van der Waals surface area contributed by atoms with Crippen molar-refractivity contribution in [3.63, 3.8) is 0 Å². The van der Waals surface area contributed by atoms with Gasteiger partial charge in [-0.3, -0.25) is 9.89 Å². The van der Waals surface area contributed by atoms with E-state index in [-0.39, 0.29) is 11.7 Å². The molecule has 0 unspecified atom stereocenters. The average Bonchev–Trinajstić information content (AvgIpc) is 3.16. The number of carbonyl (C=O) groups is 1. The van der Waals surface area contributed by atoms with Gasteiger partial charge in [-0.2, -0.15) is 0 Å². The lowest BCUT2D eigenvalue weighted by atomic mass is 10.2. The van der Waals surface area contributed by atoms with Crippen molar-refractivity contribution in [2.24, 2.45) is 0 Å². The number of ether oxygens (including phenoxy) is 1. The van der Waals surface area contributed by atoms with Crippen LogP contribution in [0.3, 0.4) is 0 Å². The number of hydrogen-bond donors (Lipinski definition) is 2. The molecule has 0 bridgehead atoms. The predicted molar refractivity (Wildman–Crippen MR) is 74.0 cm³/mol. The lowest BCUT2D eigenvalue weighted by molar-refractivity contribution is 0.101. The molecule has 6 nitrogen and oxygen atoms in total. The number of nitrogens with zero attached hydrogens (tertiary/aromatic N) is 2. The molecule has 1 aliphatic carbocycles. The summed E-state index contributed by atoms with van der Waals surface area (Å²) in [4.78, 5) is 16.4. The van der Waals surface area contributed by atoms with Gasteiger partial charge in [0.2, 0.25) is 5.82 Å². The van der Waals surface area contributed by atoms with Gasteiger partial charge in [0, 0.05) is 5.92 Å². The van der Waals surface area contributed by atoms with Gasteiger partial charge in [0.05, 0.1) is 12.8 Å². The Labute approximate surface area is 116 Å². The van der Waals surface area contributed by atoms with Gasteiger partial charge in [0.1, 0.15) is 11.6 Å². The Morgan fingerprint density at radius 1 is 1.45 bits per heavy atom. The van der Waals surface area contributed by atoms with E-state index in [0.29, 0.717) is 17.4 Å². The number of rotatable bonds is 4. The van der Waals surface area contributed by atoms with E-state index in [1.807, 2.05) is 25.1 Å². The molecule has 20 heavy (non-hydrogen) atoms. The molecular weight excluding hydrogens is 256 g/mol. The standard InChI is InChI=1S/C14H16N4O2/c1-8-3-6-11(20-2)10(7-8)15-14(19)13-16-12(17-18-13)9-4-5-9/h3,6-7,9H,4-5H2,1-2H3,(H,15,19)(H,16,17,18). The number of carbonyl (C=O) groups excluding carboxylic acids is 1. The van der Waals surface area contributed by atoms with Crippen LogP contribution < -0.4 is 10.1 Å². The minimum Gasteiger partial charge on any atom is -0.495 e. The number of methoxy groups -OCH3 is 1. The second kappa shape index (κ2) is 4.96. The first kappa shape index (κ1) is 12.7. The summed E-state index contributed by atoms with van der Waals surface area (Å²) in [6.45, 7) is 1.95. The van der Waals surface area contributed by atoms with E-state index in [1.54, 1.807) is 7.11 Å². The summed E-state index contributed by atoms with van der Waals surface area (Å²) in [7, 11) is 1.57. The molecule has 0 atom stereocenters. The Balaban J connectivity index is 1.79. The summed E-state index contributed by atoms with van der Waals surface area (Å²) in [6.07, 6.45) is 2.23. The molecule has 3 rings (SSSR count). The van der Waals surface area contributed by atoms with Crippen molar-refractivity contribution in [3.05, 3.63) is 35.4 Å². The second-order valence-corrected chi connectivity index (χ2v) is 4.98. The molecule has 6 heteroatoms. The van der Waals surface area contributed by atoms with Crippen LogP contribution in [0.2, 0.25) is 0 Å². The van der Waals surface area contributed by atoms with Crippen molar-refractivity contribution in [1.82, 2.24) is 15.2 Å². The summed E-state index contributed by atoms with van der Waals surface area (Å²) < 4.78 is 5.23. The highest BCUT2D eigenvalue weighted by molar-refractivity contribution is 6.02. The third-order valence-electron chi connectivity index (χ3n) is 3.27. The predicted octanol–water partition coefficient (Wildman–Crippen LogP) is 2.25. The highest BCUT2D eigenvalue weighted by Crippen LogP contribution is 2.37. The smallest absolute Gasteiger partial charge is 0.295 e. The molecule has 1 aliphatic rings. The van der Waals surface area contributed by atoms with E-state index in [4.69, 9.17) is 4.74 Å². The Hall–Kier alpha value is -2.37. The molecule has 0 aliphatic heterocycles. The number of nitrogens with one attached hydrogen (secondary N) is 2. The largest absolute Gasteiger partial charge is 0.495 e. The highest BCUT2D eigenvalue weighted by atomic mass is 16.5. The first-order chi connectivity index (χ1) is 9.67. The maximum absolute atomic E-state index is 12.1. The van der Waals surface area contributed by atoms with Gasteiger partial charge in [0.15, 0.2) is 0 Å². The van der Waals surface area contributed by atoms with E-state index < -0.39 is 0 Å². The SMILES string of the molecule is COc1ccc(C)cc1NC(=O)c1n[nH]c(C2CC2)n1. The maximum atomic E-state index is 12.1. The van der Waals surface area contributed by atoms with Crippen molar-refractivity contribution < 1.29 is 9.53 Å². The molecule has 1 fully saturated rings. The molecule has 1 amide bonds. The summed E-state index contributed by atoms with van der Waals surface area (Å²) in [5, 5.41) is 9.57. The van der Waals surface area contributed by atoms with E-state index in [9.17, 15) is 4.79 Å². The van der Waals surface area contributed by atoms with Crippen molar-refractivity contribution in [2.75, 3.05) is 12.4 Å². The molecule has 1 aromatic heterocycles. The topological polar surface area (TPSA) is 79.9 Å². The molecule has 1 aromatic carbocycles. The minimum absolute atomic E-state index is 0.162. The minimum atomic E-state index is -0.336. The van der Waals surface area contributed by atoms with Crippen molar-refractivity contribution in [2.45, 2.75) is 25.7 Å². The van der Waals surface area contributed by atoms with E-state index in [2.05, 4.69) is 20.5 Å². The lowest BCUT2D eigenvalue weighted by Crippen LogP contribution is -2.14. The highest BCUT2D eigenvalue weighted by Gasteiger charge is 2.28. The zero-order valence-corrected chi connectivity index (χ0v) is 11.4. The molecule has 104 valence electrons. The van der Waals surface area contributed by atoms with Gasteiger partial charge in [-0.25, -0.2) is 4.98 Å². The van der Waals surface area contributed by atoms with Crippen molar-refractivity contribution >= 4 is 11.6 Å². The number of hydrogen-bond acceptors (Lipinski definition) is 4. The fourth-order valence-electron chi connectivity index (χ4n) is 2.01. The zero-order chi connectivity index (χ0) is 14.1. The average molecular weight is 272 g/mol. The third kappa shape index (κ3) is 2.49. The molecule has 1 saturated carbocycles. The molecule has 1 heterocycles. The van der Waals surface area contributed by atoms with E-state index >= 15 is 0 Å². The van der Waals surface area contributed by atoms with Gasteiger partial charge < -0.3 is 10.1 Å². The summed E-state index contributed by atoms with van der Waals surface area (Å²) in [5.41, 5.74) is 1.66. The third-order valence-corrected chi connectivity index (χ3v) is 3.27.